The maximum atomic E-state index is 11.5. The summed E-state index contributed by atoms with van der Waals surface area (Å²) >= 11 is 0.851. The molecule has 0 radical (unpaired) electrons. The first-order valence-electron chi connectivity index (χ1n) is 4.60. The lowest BCUT2D eigenvalue weighted by Gasteiger charge is -2.12. The van der Waals surface area contributed by atoms with Crippen LogP contribution in [-0.2, 0) is 9.59 Å². The van der Waals surface area contributed by atoms with Gasteiger partial charge in [0.25, 0.3) is 5.91 Å². The number of hydrogen-bond donors (Lipinski definition) is 3. The van der Waals surface area contributed by atoms with Crippen LogP contribution in [0.25, 0.3) is 0 Å². The molecule has 92 valence electrons. The average molecular weight is 258 g/mol. The van der Waals surface area contributed by atoms with E-state index < -0.39 is 23.8 Å². The van der Waals surface area contributed by atoms with Gasteiger partial charge in [-0.05, 0) is 18.0 Å². The summed E-state index contributed by atoms with van der Waals surface area (Å²) in [5.74, 6) is -2.43. The Balaban J connectivity index is 2.58. The van der Waals surface area contributed by atoms with Crippen molar-refractivity contribution in [3.8, 4) is 0 Å². The molecule has 0 saturated heterocycles. The van der Waals surface area contributed by atoms with Gasteiger partial charge in [-0.25, -0.2) is 4.79 Å². The Hall–Kier alpha value is -2.03. The number of carboxylic acids is 1. The molecule has 1 unspecified atom stereocenters. The van der Waals surface area contributed by atoms with Crippen LogP contribution in [0.1, 0.15) is 22.5 Å². The van der Waals surface area contributed by atoms with Gasteiger partial charge in [-0.2, -0.15) is 0 Å². The van der Waals surface area contributed by atoms with Crippen molar-refractivity contribution >= 4 is 29.3 Å². The summed E-state index contributed by atoms with van der Waals surface area (Å²) in [6.45, 7) is 0. The zero-order chi connectivity index (χ0) is 12.8. The molecule has 8 nitrogen and oxygen atoms in total. The van der Waals surface area contributed by atoms with Gasteiger partial charge in [-0.1, -0.05) is 4.49 Å². The topological polar surface area (TPSA) is 135 Å². The van der Waals surface area contributed by atoms with Crippen LogP contribution in [0.15, 0.2) is 6.20 Å². The van der Waals surface area contributed by atoms with Gasteiger partial charge in [-0.3, -0.25) is 9.59 Å². The van der Waals surface area contributed by atoms with Crippen LogP contribution < -0.4 is 11.1 Å². The van der Waals surface area contributed by atoms with E-state index in [0.717, 1.165) is 11.5 Å². The van der Waals surface area contributed by atoms with E-state index in [1.807, 2.05) is 0 Å². The zero-order valence-electron chi connectivity index (χ0n) is 8.62. The summed E-state index contributed by atoms with van der Waals surface area (Å²) < 4.78 is 3.48. The molecule has 0 aliphatic carbocycles. The molecule has 1 rings (SSSR count). The normalized spacial score (nSPS) is 11.8. The number of hydrogen-bond acceptors (Lipinski definition) is 6. The molecule has 0 saturated carbocycles. The second-order valence-corrected chi connectivity index (χ2v) is 3.94. The van der Waals surface area contributed by atoms with Crippen LogP contribution in [0.4, 0.5) is 0 Å². The average Bonchev–Trinajstić information content (AvgIpc) is 2.76. The molecular weight excluding hydrogens is 248 g/mol. The number of carboxylic acid groups (broad SMARTS) is 1. The minimum atomic E-state index is -1.22. The van der Waals surface area contributed by atoms with Gasteiger partial charge in [-0.15, -0.1) is 5.10 Å². The Morgan fingerprint density at radius 3 is 2.71 bits per heavy atom. The summed E-state index contributed by atoms with van der Waals surface area (Å²) in [5.41, 5.74) is 4.90. The van der Waals surface area contributed by atoms with Gasteiger partial charge in [0.1, 0.15) is 10.9 Å². The number of nitrogens with zero attached hydrogens (tertiary/aromatic N) is 2. The van der Waals surface area contributed by atoms with E-state index >= 15 is 0 Å². The van der Waals surface area contributed by atoms with E-state index in [2.05, 4.69) is 14.9 Å². The minimum absolute atomic E-state index is 0.0529. The Morgan fingerprint density at radius 1 is 1.53 bits per heavy atom. The molecule has 0 aliphatic heterocycles. The van der Waals surface area contributed by atoms with Crippen molar-refractivity contribution in [3.05, 3.63) is 11.1 Å². The molecule has 17 heavy (non-hydrogen) atoms. The fourth-order valence-corrected chi connectivity index (χ4v) is 1.46. The highest BCUT2D eigenvalue weighted by Crippen LogP contribution is 2.04. The number of carbonyl (C=O) groups is 3. The molecule has 1 aromatic heterocycles. The standard InChI is InChI=1S/C8H10N4O4S/c9-6(13)2-1-4(8(15)16)11-7(14)5-3-10-12-17-5/h3-4H,1-2H2,(H2,9,13)(H,11,14)(H,15,16). The highest BCUT2D eigenvalue weighted by atomic mass is 32.1. The Kier molecular flexibility index (Phi) is 4.52. The number of aromatic nitrogens is 2. The summed E-state index contributed by atoms with van der Waals surface area (Å²) in [5, 5.41) is 14.6. The van der Waals surface area contributed by atoms with Crippen molar-refractivity contribution in [2.45, 2.75) is 18.9 Å². The zero-order valence-corrected chi connectivity index (χ0v) is 9.44. The number of nitrogens with one attached hydrogen (secondary N) is 1. The lowest BCUT2D eigenvalue weighted by Crippen LogP contribution is -2.41. The maximum Gasteiger partial charge on any atom is 0.326 e. The summed E-state index contributed by atoms with van der Waals surface area (Å²) in [7, 11) is 0. The van der Waals surface area contributed by atoms with Crippen molar-refractivity contribution in [3.63, 3.8) is 0 Å². The molecular formula is C8H10N4O4S. The minimum Gasteiger partial charge on any atom is -0.480 e. The molecule has 1 aromatic rings. The Labute approximate surface area is 100.0 Å². The summed E-state index contributed by atoms with van der Waals surface area (Å²) in [6.07, 6.45) is 1.06. The fraction of sp³-hybridized carbons (Fsp3) is 0.375. The third kappa shape index (κ3) is 4.15. The second kappa shape index (κ2) is 5.89. The maximum absolute atomic E-state index is 11.5. The van der Waals surface area contributed by atoms with Crippen LogP contribution >= 0.6 is 11.5 Å². The molecule has 0 aromatic carbocycles. The fourth-order valence-electron chi connectivity index (χ4n) is 1.04. The van der Waals surface area contributed by atoms with Crippen molar-refractivity contribution in [1.82, 2.24) is 14.9 Å². The quantitative estimate of drug-likeness (QED) is 0.598. The van der Waals surface area contributed by atoms with Gasteiger partial charge in [0.2, 0.25) is 5.91 Å². The number of rotatable bonds is 6. The lowest BCUT2D eigenvalue weighted by molar-refractivity contribution is -0.139. The third-order valence-electron chi connectivity index (χ3n) is 1.87. The van der Waals surface area contributed by atoms with E-state index in [1.165, 1.54) is 6.20 Å². The molecule has 1 heterocycles. The number of aliphatic carboxylic acids is 1. The summed E-state index contributed by atoms with van der Waals surface area (Å²) in [4.78, 5) is 33.1. The van der Waals surface area contributed by atoms with Crippen LogP contribution in [0.3, 0.4) is 0 Å². The molecule has 9 heteroatoms. The third-order valence-corrected chi connectivity index (χ3v) is 2.53. The lowest BCUT2D eigenvalue weighted by atomic mass is 10.1. The van der Waals surface area contributed by atoms with Gasteiger partial charge >= 0.3 is 5.97 Å². The SMILES string of the molecule is NC(=O)CCC(NC(=O)c1cnns1)C(=O)O. The molecule has 4 N–H and O–H groups in total. The van der Waals surface area contributed by atoms with Gasteiger partial charge < -0.3 is 16.2 Å². The van der Waals surface area contributed by atoms with Crippen LogP contribution in [0.5, 0.6) is 0 Å². The first kappa shape index (κ1) is 13.0. The van der Waals surface area contributed by atoms with E-state index in [9.17, 15) is 14.4 Å². The van der Waals surface area contributed by atoms with Crippen molar-refractivity contribution in [1.29, 1.82) is 0 Å². The first-order chi connectivity index (χ1) is 8.00. The largest absolute Gasteiger partial charge is 0.480 e. The van der Waals surface area contributed by atoms with Crippen molar-refractivity contribution < 1.29 is 19.5 Å². The van der Waals surface area contributed by atoms with Gasteiger partial charge in [0.15, 0.2) is 0 Å². The van der Waals surface area contributed by atoms with E-state index in [1.54, 1.807) is 0 Å². The molecule has 0 aliphatic rings. The highest BCUT2D eigenvalue weighted by Gasteiger charge is 2.21. The molecule has 0 fully saturated rings. The van der Waals surface area contributed by atoms with Crippen LogP contribution in [-0.4, -0.2) is 38.5 Å². The van der Waals surface area contributed by atoms with Crippen molar-refractivity contribution in [2.24, 2.45) is 5.73 Å². The molecule has 0 bridgehead atoms. The van der Waals surface area contributed by atoms with Gasteiger partial charge in [0, 0.05) is 6.42 Å². The smallest absolute Gasteiger partial charge is 0.326 e. The van der Waals surface area contributed by atoms with Crippen LogP contribution in [0.2, 0.25) is 0 Å². The van der Waals surface area contributed by atoms with Gasteiger partial charge in [0.05, 0.1) is 6.20 Å². The number of primary amides is 1. The highest BCUT2D eigenvalue weighted by molar-refractivity contribution is 7.07. The number of nitrogens with two attached hydrogens (primary N) is 1. The molecule has 2 amide bonds. The number of carbonyl (C=O) groups excluding carboxylic acids is 2. The van der Waals surface area contributed by atoms with Crippen molar-refractivity contribution in [2.75, 3.05) is 0 Å². The number of amides is 2. The van der Waals surface area contributed by atoms with E-state index in [4.69, 9.17) is 10.8 Å². The molecule has 1 atom stereocenters. The summed E-state index contributed by atoms with van der Waals surface area (Å²) in [6, 6.07) is -1.16. The predicted octanol–water partition coefficient (Wildman–Crippen LogP) is -1.01. The monoisotopic (exact) mass is 258 g/mol. The van der Waals surface area contributed by atoms with E-state index in [0.29, 0.717) is 0 Å². The van der Waals surface area contributed by atoms with Crippen LogP contribution in [0, 0.1) is 0 Å². The second-order valence-electron chi connectivity index (χ2n) is 3.15. The first-order valence-corrected chi connectivity index (χ1v) is 5.37. The van der Waals surface area contributed by atoms with E-state index in [-0.39, 0.29) is 17.7 Å². The predicted molar refractivity (Wildman–Crippen MR) is 57.2 cm³/mol. The Morgan fingerprint density at radius 2 is 2.24 bits per heavy atom. The molecule has 0 spiro atoms. The Bertz CT molecular complexity index is 419.